The fraction of sp³-hybridized carbons (Fsp3) is 0.222. The number of ether oxygens (including phenoxy) is 1. The SMILES string of the molecule is COc1cc2cn[nH]c2cc1CN. The summed E-state index contributed by atoms with van der Waals surface area (Å²) in [4.78, 5) is 0. The van der Waals surface area contributed by atoms with Crippen molar-refractivity contribution in [3.63, 3.8) is 0 Å². The standard InChI is InChI=1S/C9H11N3O/c1-13-9-3-7-5-11-12-8(7)2-6(9)4-10/h2-3,5H,4,10H2,1H3,(H,11,12). The lowest BCUT2D eigenvalue weighted by Gasteiger charge is -2.05. The third-order valence-corrected chi connectivity index (χ3v) is 2.06. The molecular weight excluding hydrogens is 166 g/mol. The van der Waals surface area contributed by atoms with Crippen LogP contribution in [0.4, 0.5) is 0 Å². The maximum Gasteiger partial charge on any atom is 0.124 e. The summed E-state index contributed by atoms with van der Waals surface area (Å²) in [7, 11) is 1.64. The summed E-state index contributed by atoms with van der Waals surface area (Å²) >= 11 is 0. The number of aromatic nitrogens is 2. The topological polar surface area (TPSA) is 63.9 Å². The molecule has 0 atom stereocenters. The Balaban J connectivity index is 2.67. The average Bonchev–Trinajstić information content (AvgIpc) is 2.62. The Labute approximate surface area is 75.7 Å². The highest BCUT2D eigenvalue weighted by molar-refractivity contribution is 5.80. The summed E-state index contributed by atoms with van der Waals surface area (Å²) in [6, 6.07) is 3.89. The molecule has 3 N–H and O–H groups in total. The number of methoxy groups -OCH3 is 1. The van der Waals surface area contributed by atoms with Gasteiger partial charge in [-0.2, -0.15) is 5.10 Å². The van der Waals surface area contributed by atoms with Crippen molar-refractivity contribution >= 4 is 10.9 Å². The number of rotatable bonds is 2. The van der Waals surface area contributed by atoms with Gasteiger partial charge in [-0.25, -0.2) is 0 Å². The van der Waals surface area contributed by atoms with Crippen molar-refractivity contribution in [2.75, 3.05) is 7.11 Å². The molecule has 0 fully saturated rings. The molecule has 1 aromatic heterocycles. The molecule has 2 rings (SSSR count). The van der Waals surface area contributed by atoms with Crippen molar-refractivity contribution in [2.24, 2.45) is 5.73 Å². The number of hydrogen-bond donors (Lipinski definition) is 2. The van der Waals surface area contributed by atoms with Gasteiger partial charge in [0.2, 0.25) is 0 Å². The third-order valence-electron chi connectivity index (χ3n) is 2.06. The summed E-state index contributed by atoms with van der Waals surface area (Å²) in [5.74, 6) is 0.816. The van der Waals surface area contributed by atoms with E-state index in [-0.39, 0.29) is 0 Å². The minimum absolute atomic E-state index is 0.470. The molecule has 13 heavy (non-hydrogen) atoms. The van der Waals surface area contributed by atoms with E-state index < -0.39 is 0 Å². The number of nitrogens with two attached hydrogens (primary N) is 1. The second-order valence-electron chi connectivity index (χ2n) is 2.83. The van der Waals surface area contributed by atoms with Gasteiger partial charge in [-0.15, -0.1) is 0 Å². The van der Waals surface area contributed by atoms with Gasteiger partial charge in [-0.05, 0) is 12.1 Å². The first kappa shape index (κ1) is 8.07. The summed E-state index contributed by atoms with van der Waals surface area (Å²) < 4.78 is 5.19. The minimum atomic E-state index is 0.470. The number of nitrogens with zero attached hydrogens (tertiary/aromatic N) is 1. The molecule has 0 aliphatic rings. The van der Waals surface area contributed by atoms with Gasteiger partial charge >= 0.3 is 0 Å². The Morgan fingerprint density at radius 1 is 1.54 bits per heavy atom. The number of hydrogen-bond acceptors (Lipinski definition) is 3. The van der Waals surface area contributed by atoms with Crippen molar-refractivity contribution < 1.29 is 4.74 Å². The predicted octanol–water partition coefficient (Wildman–Crippen LogP) is 1.03. The number of fused-ring (bicyclic) bond motifs is 1. The van der Waals surface area contributed by atoms with Crippen LogP contribution in [-0.2, 0) is 6.54 Å². The highest BCUT2D eigenvalue weighted by Gasteiger charge is 2.04. The van der Waals surface area contributed by atoms with Crippen LogP contribution in [0.3, 0.4) is 0 Å². The molecule has 0 amide bonds. The second kappa shape index (κ2) is 3.06. The lowest BCUT2D eigenvalue weighted by molar-refractivity contribution is 0.410. The first-order valence-electron chi connectivity index (χ1n) is 4.05. The Hall–Kier alpha value is -1.55. The number of benzene rings is 1. The molecule has 0 saturated carbocycles. The van der Waals surface area contributed by atoms with Gasteiger partial charge in [-0.3, -0.25) is 5.10 Å². The van der Waals surface area contributed by atoms with E-state index in [1.807, 2.05) is 12.1 Å². The first-order valence-corrected chi connectivity index (χ1v) is 4.05. The van der Waals surface area contributed by atoms with Crippen molar-refractivity contribution in [1.29, 1.82) is 0 Å². The zero-order valence-corrected chi connectivity index (χ0v) is 7.37. The number of nitrogens with one attached hydrogen (secondary N) is 1. The molecule has 0 bridgehead atoms. The van der Waals surface area contributed by atoms with E-state index in [2.05, 4.69) is 10.2 Å². The Morgan fingerprint density at radius 2 is 2.38 bits per heavy atom. The van der Waals surface area contributed by atoms with Crippen molar-refractivity contribution in [1.82, 2.24) is 10.2 Å². The van der Waals surface area contributed by atoms with Crippen LogP contribution in [0.5, 0.6) is 5.75 Å². The largest absolute Gasteiger partial charge is 0.496 e. The highest BCUT2D eigenvalue weighted by atomic mass is 16.5. The van der Waals surface area contributed by atoms with Crippen LogP contribution in [0, 0.1) is 0 Å². The lowest BCUT2D eigenvalue weighted by Crippen LogP contribution is -1.99. The van der Waals surface area contributed by atoms with E-state index >= 15 is 0 Å². The van der Waals surface area contributed by atoms with Crippen LogP contribution >= 0.6 is 0 Å². The monoisotopic (exact) mass is 177 g/mol. The smallest absolute Gasteiger partial charge is 0.124 e. The van der Waals surface area contributed by atoms with Crippen molar-refractivity contribution in [3.8, 4) is 5.75 Å². The summed E-state index contributed by atoms with van der Waals surface area (Å²) in [5.41, 5.74) is 7.54. The predicted molar refractivity (Wildman–Crippen MR) is 50.5 cm³/mol. The zero-order valence-electron chi connectivity index (χ0n) is 7.37. The van der Waals surface area contributed by atoms with E-state index in [1.54, 1.807) is 13.3 Å². The van der Waals surface area contributed by atoms with Crippen LogP contribution in [-0.4, -0.2) is 17.3 Å². The lowest BCUT2D eigenvalue weighted by atomic mass is 10.1. The molecule has 0 saturated heterocycles. The average molecular weight is 177 g/mol. The molecule has 1 aromatic carbocycles. The number of H-pyrrole nitrogens is 1. The third kappa shape index (κ3) is 1.25. The number of aromatic amines is 1. The summed E-state index contributed by atoms with van der Waals surface area (Å²) in [5, 5.41) is 7.85. The molecule has 0 aliphatic heterocycles. The molecule has 68 valence electrons. The molecule has 4 heteroatoms. The maximum absolute atomic E-state index is 5.57. The second-order valence-corrected chi connectivity index (χ2v) is 2.83. The fourth-order valence-electron chi connectivity index (χ4n) is 1.36. The summed E-state index contributed by atoms with van der Waals surface area (Å²) in [6.45, 7) is 0.470. The zero-order chi connectivity index (χ0) is 9.26. The van der Waals surface area contributed by atoms with E-state index in [0.717, 1.165) is 22.2 Å². The molecule has 1 heterocycles. The van der Waals surface area contributed by atoms with Crippen molar-refractivity contribution in [2.45, 2.75) is 6.54 Å². The van der Waals surface area contributed by atoms with Gasteiger partial charge in [0.1, 0.15) is 5.75 Å². The Bertz CT molecular complexity index is 384. The normalized spacial score (nSPS) is 10.6. The Morgan fingerprint density at radius 3 is 3.08 bits per heavy atom. The van der Waals surface area contributed by atoms with Crippen LogP contribution in [0.15, 0.2) is 18.3 Å². The molecule has 0 spiro atoms. The van der Waals surface area contributed by atoms with Crippen LogP contribution in [0.1, 0.15) is 5.56 Å². The molecular formula is C9H11N3O. The summed E-state index contributed by atoms with van der Waals surface area (Å²) in [6.07, 6.45) is 1.76. The van der Waals surface area contributed by atoms with Gasteiger partial charge in [0.05, 0.1) is 18.8 Å². The van der Waals surface area contributed by atoms with Crippen LogP contribution < -0.4 is 10.5 Å². The van der Waals surface area contributed by atoms with Gasteiger partial charge in [0, 0.05) is 17.5 Å². The van der Waals surface area contributed by atoms with E-state index in [0.29, 0.717) is 6.54 Å². The van der Waals surface area contributed by atoms with Crippen LogP contribution in [0.25, 0.3) is 10.9 Å². The maximum atomic E-state index is 5.57. The van der Waals surface area contributed by atoms with Crippen LogP contribution in [0.2, 0.25) is 0 Å². The minimum Gasteiger partial charge on any atom is -0.496 e. The van der Waals surface area contributed by atoms with Crippen molar-refractivity contribution in [3.05, 3.63) is 23.9 Å². The first-order chi connectivity index (χ1) is 6.35. The molecule has 4 nitrogen and oxygen atoms in total. The van der Waals surface area contributed by atoms with E-state index in [4.69, 9.17) is 10.5 Å². The van der Waals surface area contributed by atoms with Gasteiger partial charge in [0.15, 0.2) is 0 Å². The highest BCUT2D eigenvalue weighted by Crippen LogP contribution is 2.23. The van der Waals surface area contributed by atoms with E-state index in [1.165, 1.54) is 0 Å². The molecule has 2 aromatic rings. The fourth-order valence-corrected chi connectivity index (χ4v) is 1.36. The Kier molecular flexibility index (Phi) is 1.90. The molecule has 0 radical (unpaired) electrons. The van der Waals surface area contributed by atoms with E-state index in [9.17, 15) is 0 Å². The molecule has 0 aliphatic carbocycles. The van der Waals surface area contributed by atoms with Gasteiger partial charge < -0.3 is 10.5 Å². The van der Waals surface area contributed by atoms with Gasteiger partial charge in [0.25, 0.3) is 0 Å². The molecule has 0 unspecified atom stereocenters. The van der Waals surface area contributed by atoms with Gasteiger partial charge in [-0.1, -0.05) is 0 Å². The quantitative estimate of drug-likeness (QED) is 0.720.